The zero-order valence-electron chi connectivity index (χ0n) is 11.1. The highest BCUT2D eigenvalue weighted by molar-refractivity contribution is 9.10. The Labute approximate surface area is 127 Å². The van der Waals surface area contributed by atoms with Gasteiger partial charge in [0.2, 0.25) is 10.0 Å². The van der Waals surface area contributed by atoms with Gasteiger partial charge in [0.05, 0.1) is 18.5 Å². The van der Waals surface area contributed by atoms with Crippen LogP contribution in [0.5, 0.6) is 0 Å². The van der Waals surface area contributed by atoms with Crippen molar-refractivity contribution in [1.29, 1.82) is 0 Å². The summed E-state index contributed by atoms with van der Waals surface area (Å²) in [6, 6.07) is 7.30. The zero-order valence-corrected chi connectivity index (χ0v) is 13.5. The molecule has 0 aromatic heterocycles. The summed E-state index contributed by atoms with van der Waals surface area (Å²) in [7, 11) is -3.60. The SMILES string of the molecule is CC(CC1COCC1(O)c1ccc(Br)cc1)S(N)(=O)=O. The molecule has 0 aliphatic carbocycles. The van der Waals surface area contributed by atoms with Crippen molar-refractivity contribution in [1.82, 2.24) is 0 Å². The van der Waals surface area contributed by atoms with Gasteiger partial charge >= 0.3 is 0 Å². The summed E-state index contributed by atoms with van der Waals surface area (Å²) >= 11 is 3.34. The molecule has 3 atom stereocenters. The summed E-state index contributed by atoms with van der Waals surface area (Å²) < 4.78 is 29.0. The van der Waals surface area contributed by atoms with Gasteiger partial charge in [0.25, 0.3) is 0 Å². The van der Waals surface area contributed by atoms with Gasteiger partial charge in [-0.1, -0.05) is 28.1 Å². The number of hydrogen-bond acceptors (Lipinski definition) is 4. The summed E-state index contributed by atoms with van der Waals surface area (Å²) in [5.74, 6) is -0.294. The Bertz CT molecular complexity index is 575. The van der Waals surface area contributed by atoms with E-state index in [0.717, 1.165) is 10.0 Å². The van der Waals surface area contributed by atoms with Gasteiger partial charge in [0.1, 0.15) is 5.60 Å². The van der Waals surface area contributed by atoms with Crippen molar-refractivity contribution in [2.75, 3.05) is 13.2 Å². The molecule has 5 nitrogen and oxygen atoms in total. The third-order valence-electron chi connectivity index (χ3n) is 3.84. The number of benzene rings is 1. The predicted octanol–water partition coefficient (Wildman–Crippen LogP) is 1.35. The van der Waals surface area contributed by atoms with E-state index in [2.05, 4.69) is 15.9 Å². The molecule has 1 aromatic carbocycles. The quantitative estimate of drug-likeness (QED) is 0.844. The fourth-order valence-electron chi connectivity index (χ4n) is 2.47. The Morgan fingerprint density at radius 3 is 2.65 bits per heavy atom. The van der Waals surface area contributed by atoms with Crippen LogP contribution in [0, 0.1) is 5.92 Å². The van der Waals surface area contributed by atoms with Crippen molar-refractivity contribution in [3.8, 4) is 0 Å². The van der Waals surface area contributed by atoms with Gasteiger partial charge < -0.3 is 9.84 Å². The molecule has 3 unspecified atom stereocenters. The van der Waals surface area contributed by atoms with Crippen molar-refractivity contribution in [2.24, 2.45) is 11.1 Å². The number of ether oxygens (including phenoxy) is 1. The Balaban J connectivity index is 2.23. The topological polar surface area (TPSA) is 89.6 Å². The maximum Gasteiger partial charge on any atom is 0.211 e. The van der Waals surface area contributed by atoms with Crippen molar-refractivity contribution >= 4 is 26.0 Å². The van der Waals surface area contributed by atoms with E-state index in [1.54, 1.807) is 6.92 Å². The monoisotopic (exact) mass is 363 g/mol. The lowest BCUT2D eigenvalue weighted by molar-refractivity contribution is -0.00579. The standard InChI is InChI=1S/C13H18BrNO4S/c1-9(20(15,17)18)6-11-7-19-8-13(11,16)10-2-4-12(14)5-3-10/h2-5,9,11,16H,6-8H2,1H3,(H2,15,17,18). The molecule has 0 bridgehead atoms. The van der Waals surface area contributed by atoms with Crippen molar-refractivity contribution in [3.63, 3.8) is 0 Å². The number of rotatable bonds is 4. The fraction of sp³-hybridized carbons (Fsp3) is 0.538. The van der Waals surface area contributed by atoms with Crippen LogP contribution in [0.2, 0.25) is 0 Å². The van der Waals surface area contributed by atoms with Gasteiger partial charge in [0.15, 0.2) is 0 Å². The molecule has 1 aliphatic rings. The number of sulfonamides is 1. The first-order valence-electron chi connectivity index (χ1n) is 6.31. The zero-order chi connectivity index (χ0) is 15.0. The average molecular weight is 364 g/mol. The maximum absolute atomic E-state index is 11.4. The van der Waals surface area contributed by atoms with Crippen LogP contribution >= 0.6 is 15.9 Å². The highest BCUT2D eigenvalue weighted by Gasteiger charge is 2.45. The molecule has 0 radical (unpaired) electrons. The first-order valence-corrected chi connectivity index (χ1v) is 8.71. The van der Waals surface area contributed by atoms with E-state index < -0.39 is 20.9 Å². The van der Waals surface area contributed by atoms with E-state index in [1.165, 1.54) is 0 Å². The fourth-order valence-corrected chi connectivity index (χ4v) is 3.23. The van der Waals surface area contributed by atoms with Gasteiger partial charge in [0, 0.05) is 10.4 Å². The van der Waals surface area contributed by atoms with Crippen LogP contribution in [-0.2, 0) is 20.4 Å². The van der Waals surface area contributed by atoms with Crippen LogP contribution in [-0.4, -0.2) is 32.0 Å². The number of aliphatic hydroxyl groups is 1. The third kappa shape index (κ3) is 3.23. The predicted molar refractivity (Wildman–Crippen MR) is 79.5 cm³/mol. The second-order valence-electron chi connectivity index (χ2n) is 5.28. The van der Waals surface area contributed by atoms with E-state index in [9.17, 15) is 13.5 Å². The number of nitrogens with two attached hydrogens (primary N) is 1. The second kappa shape index (κ2) is 5.73. The average Bonchev–Trinajstić information content (AvgIpc) is 2.71. The number of hydrogen-bond donors (Lipinski definition) is 2. The summed E-state index contributed by atoms with van der Waals surface area (Å²) in [5.41, 5.74) is -0.440. The highest BCUT2D eigenvalue weighted by Crippen LogP contribution is 2.39. The molecular weight excluding hydrogens is 346 g/mol. The van der Waals surface area contributed by atoms with E-state index in [-0.39, 0.29) is 18.9 Å². The summed E-state index contributed by atoms with van der Waals surface area (Å²) in [6.45, 7) is 2.04. The highest BCUT2D eigenvalue weighted by atomic mass is 79.9. The molecule has 1 saturated heterocycles. The van der Waals surface area contributed by atoms with Gasteiger partial charge in [-0.2, -0.15) is 0 Å². The number of primary sulfonamides is 1. The molecule has 1 aromatic rings. The van der Waals surface area contributed by atoms with Crippen LogP contribution < -0.4 is 5.14 Å². The third-order valence-corrected chi connectivity index (χ3v) is 5.68. The normalized spacial score (nSPS) is 28.5. The number of halogens is 1. The van der Waals surface area contributed by atoms with E-state index in [0.29, 0.717) is 6.61 Å². The molecular formula is C13H18BrNO4S. The molecule has 1 heterocycles. The first-order chi connectivity index (χ1) is 9.23. The minimum atomic E-state index is -3.60. The molecule has 2 rings (SSSR count). The molecule has 1 fully saturated rings. The van der Waals surface area contributed by atoms with Crippen LogP contribution in [0.3, 0.4) is 0 Å². The van der Waals surface area contributed by atoms with Gasteiger partial charge in [-0.05, 0) is 31.0 Å². The lowest BCUT2D eigenvalue weighted by Gasteiger charge is -2.30. The maximum atomic E-state index is 11.4. The second-order valence-corrected chi connectivity index (χ2v) is 8.18. The lowest BCUT2D eigenvalue weighted by Crippen LogP contribution is -2.38. The molecule has 0 spiro atoms. The van der Waals surface area contributed by atoms with E-state index in [4.69, 9.17) is 9.88 Å². The van der Waals surface area contributed by atoms with Crippen molar-refractivity contribution < 1.29 is 18.3 Å². The lowest BCUT2D eigenvalue weighted by atomic mass is 9.81. The minimum absolute atomic E-state index is 0.163. The van der Waals surface area contributed by atoms with Gasteiger partial charge in [-0.3, -0.25) is 0 Å². The molecule has 112 valence electrons. The molecule has 0 amide bonds. The Hall–Kier alpha value is -0.470. The minimum Gasteiger partial charge on any atom is -0.382 e. The van der Waals surface area contributed by atoms with Crippen LogP contribution in [0.4, 0.5) is 0 Å². The van der Waals surface area contributed by atoms with Crippen molar-refractivity contribution in [3.05, 3.63) is 34.3 Å². The summed E-state index contributed by atoms with van der Waals surface area (Å²) in [5, 5.41) is 15.3. The van der Waals surface area contributed by atoms with Gasteiger partial charge in [-0.25, -0.2) is 13.6 Å². The van der Waals surface area contributed by atoms with Crippen molar-refractivity contribution in [2.45, 2.75) is 24.2 Å². The molecule has 20 heavy (non-hydrogen) atoms. The summed E-state index contributed by atoms with van der Waals surface area (Å²) in [4.78, 5) is 0. The Morgan fingerprint density at radius 2 is 2.10 bits per heavy atom. The van der Waals surface area contributed by atoms with Crippen LogP contribution in [0.15, 0.2) is 28.7 Å². The molecule has 7 heteroatoms. The van der Waals surface area contributed by atoms with Gasteiger partial charge in [-0.15, -0.1) is 0 Å². The van der Waals surface area contributed by atoms with E-state index in [1.807, 2.05) is 24.3 Å². The smallest absolute Gasteiger partial charge is 0.211 e. The molecule has 1 aliphatic heterocycles. The van der Waals surface area contributed by atoms with E-state index >= 15 is 0 Å². The summed E-state index contributed by atoms with van der Waals surface area (Å²) in [6.07, 6.45) is 0.269. The first kappa shape index (κ1) is 15.9. The Morgan fingerprint density at radius 1 is 1.50 bits per heavy atom. The Kier molecular flexibility index (Phi) is 4.56. The van der Waals surface area contributed by atoms with Crippen LogP contribution in [0.25, 0.3) is 0 Å². The largest absolute Gasteiger partial charge is 0.382 e. The molecule has 3 N–H and O–H groups in total. The molecule has 0 saturated carbocycles. The van der Waals surface area contributed by atoms with Crippen LogP contribution in [0.1, 0.15) is 18.9 Å².